The molecule has 0 aliphatic rings. The van der Waals surface area contributed by atoms with Gasteiger partial charge in [-0.3, -0.25) is 4.99 Å². The van der Waals surface area contributed by atoms with Gasteiger partial charge in [0.05, 0.1) is 0 Å². The summed E-state index contributed by atoms with van der Waals surface area (Å²) in [7, 11) is 5.84. The maximum Gasteiger partial charge on any atom is 0.191 e. The summed E-state index contributed by atoms with van der Waals surface area (Å²) in [6.07, 6.45) is 0.843. The normalized spacial score (nSPS) is 11.1. The summed E-state index contributed by atoms with van der Waals surface area (Å²) < 4.78 is 5.79. The second-order valence-corrected chi connectivity index (χ2v) is 6.90. The smallest absolute Gasteiger partial charge is 0.191 e. The Labute approximate surface area is 190 Å². The van der Waals surface area contributed by atoms with E-state index < -0.39 is 0 Å². The molecule has 0 fully saturated rings. The van der Waals surface area contributed by atoms with Gasteiger partial charge in [-0.1, -0.05) is 41.9 Å². The average molecular weight is 517 g/mol. The molecule has 0 bridgehead atoms. The predicted octanol–water partition coefficient (Wildman–Crippen LogP) is 3.81. The fraction of sp³-hybridized carbons (Fsp3) is 0.381. The third kappa shape index (κ3) is 9.12. The first-order valence-electron chi connectivity index (χ1n) is 9.13. The number of nitrogens with one attached hydrogen (secondary N) is 2. The molecule has 2 aromatic carbocycles. The predicted molar refractivity (Wildman–Crippen MR) is 129 cm³/mol. The second-order valence-electron chi connectivity index (χ2n) is 6.49. The highest BCUT2D eigenvalue weighted by atomic mass is 127. The van der Waals surface area contributed by atoms with E-state index in [9.17, 15) is 0 Å². The van der Waals surface area contributed by atoms with E-state index in [4.69, 9.17) is 16.3 Å². The number of ether oxygens (including phenoxy) is 1. The Morgan fingerprint density at radius 1 is 1.11 bits per heavy atom. The standard InChI is InChI=1S/C21H29ClN4O.HI/c1-23-21(24-12-11-18-8-4-5-10-20(18)22)25-16-17-7-6-9-19(15-17)27-14-13-26(2)3;/h4-10,15H,11-14,16H2,1-3H3,(H2,23,24,25);1H. The molecule has 0 amide bonds. The number of likely N-dealkylation sites (N-methyl/N-ethyl adjacent to an activating group) is 1. The lowest BCUT2D eigenvalue weighted by atomic mass is 10.1. The van der Waals surface area contributed by atoms with Crippen LogP contribution in [0.3, 0.4) is 0 Å². The van der Waals surface area contributed by atoms with Crippen molar-refractivity contribution in [1.82, 2.24) is 15.5 Å². The van der Waals surface area contributed by atoms with Gasteiger partial charge in [0.1, 0.15) is 12.4 Å². The summed E-state index contributed by atoms with van der Waals surface area (Å²) in [5, 5.41) is 7.45. The van der Waals surface area contributed by atoms with E-state index in [1.54, 1.807) is 7.05 Å². The number of rotatable bonds is 9. The van der Waals surface area contributed by atoms with Crippen LogP contribution in [0.5, 0.6) is 5.75 Å². The number of hydrogen-bond donors (Lipinski definition) is 2. The molecule has 7 heteroatoms. The SMILES string of the molecule is CN=C(NCCc1ccccc1Cl)NCc1cccc(OCCN(C)C)c1.I. The zero-order valence-electron chi connectivity index (χ0n) is 16.7. The molecule has 0 aliphatic heterocycles. The molecule has 0 saturated carbocycles. The monoisotopic (exact) mass is 516 g/mol. The largest absolute Gasteiger partial charge is 0.492 e. The Hall–Kier alpha value is -1.51. The third-order valence-corrected chi connectivity index (χ3v) is 4.40. The van der Waals surface area contributed by atoms with Gasteiger partial charge < -0.3 is 20.3 Å². The van der Waals surface area contributed by atoms with Crippen LogP contribution in [0.1, 0.15) is 11.1 Å². The van der Waals surface area contributed by atoms with Crippen LogP contribution in [-0.2, 0) is 13.0 Å². The first-order chi connectivity index (χ1) is 13.1. The molecule has 2 N–H and O–H groups in total. The Kier molecular flexibility index (Phi) is 11.9. The van der Waals surface area contributed by atoms with E-state index in [-0.39, 0.29) is 24.0 Å². The fourth-order valence-electron chi connectivity index (χ4n) is 2.51. The van der Waals surface area contributed by atoms with Crippen molar-refractivity contribution in [3.05, 3.63) is 64.7 Å². The van der Waals surface area contributed by atoms with Crippen molar-refractivity contribution in [1.29, 1.82) is 0 Å². The quantitative estimate of drug-likeness (QED) is 0.302. The molecule has 0 saturated heterocycles. The van der Waals surface area contributed by atoms with Gasteiger partial charge in [0.15, 0.2) is 5.96 Å². The lowest BCUT2D eigenvalue weighted by Gasteiger charge is -2.14. The zero-order valence-corrected chi connectivity index (χ0v) is 19.8. The molecule has 2 rings (SSSR count). The van der Waals surface area contributed by atoms with E-state index in [0.717, 1.165) is 47.4 Å². The lowest BCUT2D eigenvalue weighted by molar-refractivity contribution is 0.261. The maximum absolute atomic E-state index is 6.19. The van der Waals surface area contributed by atoms with Crippen LogP contribution in [-0.4, -0.2) is 51.7 Å². The molecular weight excluding hydrogens is 487 g/mol. The van der Waals surface area contributed by atoms with Crippen LogP contribution < -0.4 is 15.4 Å². The molecular formula is C21H30ClIN4O. The molecule has 0 atom stereocenters. The number of guanidine groups is 1. The Morgan fingerprint density at radius 3 is 2.61 bits per heavy atom. The number of benzene rings is 2. The Balaban J connectivity index is 0.00000392. The molecule has 0 aliphatic carbocycles. The maximum atomic E-state index is 6.19. The van der Waals surface area contributed by atoms with Gasteiger partial charge in [-0.25, -0.2) is 0 Å². The summed E-state index contributed by atoms with van der Waals surface area (Å²) in [5.74, 6) is 1.65. The minimum Gasteiger partial charge on any atom is -0.492 e. The second kappa shape index (κ2) is 13.6. The molecule has 0 heterocycles. The van der Waals surface area contributed by atoms with Gasteiger partial charge >= 0.3 is 0 Å². The Morgan fingerprint density at radius 2 is 1.89 bits per heavy atom. The Bertz CT molecular complexity index is 740. The minimum atomic E-state index is 0. The van der Waals surface area contributed by atoms with Crippen molar-refractivity contribution >= 4 is 41.5 Å². The highest BCUT2D eigenvalue weighted by Crippen LogP contribution is 2.15. The molecule has 0 unspecified atom stereocenters. The summed E-state index contributed by atoms with van der Waals surface area (Å²) in [6.45, 7) is 3.01. The number of hydrogen-bond acceptors (Lipinski definition) is 3. The van der Waals surface area contributed by atoms with Crippen LogP contribution in [0, 0.1) is 0 Å². The molecule has 0 spiro atoms. The van der Waals surface area contributed by atoms with Gasteiger partial charge in [0.2, 0.25) is 0 Å². The van der Waals surface area contributed by atoms with E-state index >= 15 is 0 Å². The molecule has 5 nitrogen and oxygen atoms in total. The van der Waals surface area contributed by atoms with Crippen LogP contribution in [0.4, 0.5) is 0 Å². The van der Waals surface area contributed by atoms with Gasteiger partial charge in [0, 0.05) is 31.7 Å². The molecule has 0 radical (unpaired) electrons. The van der Waals surface area contributed by atoms with E-state index in [2.05, 4.69) is 32.7 Å². The number of aliphatic imine (C=N–C) groups is 1. The summed E-state index contributed by atoms with van der Waals surface area (Å²) >= 11 is 6.19. The van der Waals surface area contributed by atoms with Crippen molar-refractivity contribution < 1.29 is 4.74 Å². The van der Waals surface area contributed by atoms with Gasteiger partial charge in [-0.05, 0) is 49.8 Å². The van der Waals surface area contributed by atoms with E-state index in [1.165, 1.54) is 0 Å². The van der Waals surface area contributed by atoms with Gasteiger partial charge in [-0.2, -0.15) is 0 Å². The van der Waals surface area contributed by atoms with Crippen molar-refractivity contribution in [2.24, 2.45) is 4.99 Å². The summed E-state index contributed by atoms with van der Waals surface area (Å²) in [5.41, 5.74) is 2.27. The van der Waals surface area contributed by atoms with Crippen molar-refractivity contribution in [3.63, 3.8) is 0 Å². The fourth-order valence-corrected chi connectivity index (χ4v) is 2.74. The molecule has 28 heavy (non-hydrogen) atoms. The first-order valence-corrected chi connectivity index (χ1v) is 9.50. The zero-order chi connectivity index (χ0) is 19.5. The van der Waals surface area contributed by atoms with Crippen molar-refractivity contribution in [2.75, 3.05) is 40.8 Å². The third-order valence-electron chi connectivity index (χ3n) is 4.03. The van der Waals surface area contributed by atoms with Crippen molar-refractivity contribution in [2.45, 2.75) is 13.0 Å². The topological polar surface area (TPSA) is 48.9 Å². The van der Waals surface area contributed by atoms with Gasteiger partial charge in [0.25, 0.3) is 0 Å². The first kappa shape index (κ1) is 24.5. The molecule has 0 aromatic heterocycles. The van der Waals surface area contributed by atoms with Crippen LogP contribution in [0.25, 0.3) is 0 Å². The van der Waals surface area contributed by atoms with Gasteiger partial charge in [-0.15, -0.1) is 24.0 Å². The molecule has 2 aromatic rings. The molecule has 154 valence electrons. The minimum absolute atomic E-state index is 0. The van der Waals surface area contributed by atoms with Crippen LogP contribution >= 0.6 is 35.6 Å². The summed E-state index contributed by atoms with van der Waals surface area (Å²) in [6, 6.07) is 16.0. The van der Waals surface area contributed by atoms with Crippen molar-refractivity contribution in [3.8, 4) is 5.75 Å². The highest BCUT2D eigenvalue weighted by Gasteiger charge is 2.02. The van der Waals surface area contributed by atoms with Crippen LogP contribution in [0.2, 0.25) is 5.02 Å². The lowest BCUT2D eigenvalue weighted by Crippen LogP contribution is -2.37. The number of halogens is 2. The average Bonchev–Trinajstić information content (AvgIpc) is 2.66. The van der Waals surface area contributed by atoms with E-state index in [0.29, 0.717) is 13.2 Å². The summed E-state index contributed by atoms with van der Waals surface area (Å²) in [4.78, 5) is 6.37. The number of nitrogens with zero attached hydrogens (tertiary/aromatic N) is 2. The highest BCUT2D eigenvalue weighted by molar-refractivity contribution is 14.0. The van der Waals surface area contributed by atoms with Crippen LogP contribution in [0.15, 0.2) is 53.5 Å². The van der Waals surface area contributed by atoms with E-state index in [1.807, 2.05) is 50.5 Å².